The van der Waals surface area contributed by atoms with Gasteiger partial charge in [-0.3, -0.25) is 19.3 Å². The van der Waals surface area contributed by atoms with E-state index in [0.717, 1.165) is 22.7 Å². The molecule has 11 heteroatoms. The number of nitro benzene ring substituents is 1. The lowest BCUT2D eigenvalue weighted by atomic mass is 10.2. The zero-order chi connectivity index (χ0) is 18.9. The minimum atomic E-state index is -4.53. The van der Waals surface area contributed by atoms with E-state index < -0.39 is 22.6 Å². The Hall–Kier alpha value is -3.50. The fourth-order valence-electron chi connectivity index (χ4n) is 2.25. The number of carbonyl (C=O) groups excluding carboxylic acids is 1. The number of nitrogens with one attached hydrogen (secondary N) is 1. The maximum absolute atomic E-state index is 12.8. The molecule has 0 aliphatic heterocycles. The Balaban J connectivity index is 1.80. The number of rotatable bonds is 4. The van der Waals surface area contributed by atoms with Gasteiger partial charge in [0.1, 0.15) is 0 Å². The average Bonchev–Trinajstić information content (AvgIpc) is 3.01. The quantitative estimate of drug-likeness (QED) is 0.565. The molecule has 134 valence electrons. The molecule has 26 heavy (non-hydrogen) atoms. The molecule has 2 aromatic heterocycles. The Bertz CT molecular complexity index is 1000. The predicted octanol–water partition coefficient (Wildman–Crippen LogP) is 2.59. The van der Waals surface area contributed by atoms with Gasteiger partial charge in [0.15, 0.2) is 11.5 Å². The number of halogens is 3. The maximum atomic E-state index is 12.8. The number of aromatic nitrogens is 3. The third-order valence-electron chi connectivity index (χ3n) is 3.53. The second kappa shape index (κ2) is 6.43. The first kappa shape index (κ1) is 17.3. The summed E-state index contributed by atoms with van der Waals surface area (Å²) in [6.07, 6.45) is -3.69. The third kappa shape index (κ3) is 3.45. The molecule has 0 atom stereocenters. The number of benzene rings is 1. The van der Waals surface area contributed by atoms with Gasteiger partial charge in [-0.1, -0.05) is 6.07 Å². The molecule has 0 radical (unpaired) electrons. The van der Waals surface area contributed by atoms with Gasteiger partial charge in [0.2, 0.25) is 0 Å². The number of fused-ring (bicyclic) bond motifs is 1. The van der Waals surface area contributed by atoms with E-state index in [4.69, 9.17) is 0 Å². The monoisotopic (exact) mass is 365 g/mol. The van der Waals surface area contributed by atoms with Gasteiger partial charge < -0.3 is 5.32 Å². The first-order valence-electron chi connectivity index (χ1n) is 7.19. The van der Waals surface area contributed by atoms with E-state index in [9.17, 15) is 28.1 Å². The fourth-order valence-corrected chi connectivity index (χ4v) is 2.25. The van der Waals surface area contributed by atoms with Crippen molar-refractivity contribution >= 4 is 17.2 Å². The van der Waals surface area contributed by atoms with Crippen LogP contribution in [0.2, 0.25) is 0 Å². The van der Waals surface area contributed by atoms with Crippen molar-refractivity contribution in [1.82, 2.24) is 19.9 Å². The number of alkyl halides is 3. The number of carbonyl (C=O) groups is 1. The van der Waals surface area contributed by atoms with Crippen LogP contribution in [0, 0.1) is 10.1 Å². The summed E-state index contributed by atoms with van der Waals surface area (Å²) in [4.78, 5) is 22.2. The molecule has 1 amide bonds. The van der Waals surface area contributed by atoms with Crippen molar-refractivity contribution in [3.8, 4) is 0 Å². The van der Waals surface area contributed by atoms with E-state index >= 15 is 0 Å². The summed E-state index contributed by atoms with van der Waals surface area (Å²) in [6.45, 7) is -0.204. The standard InChI is InChI=1S/C15H10F3N5O3/c16-15(17,18)10-4-5-12-20-21-13(22(12)8-10)7-19-14(24)9-2-1-3-11(6-9)23(25)26/h1-6,8H,7H2,(H,19,24). The average molecular weight is 365 g/mol. The molecule has 3 rings (SSSR count). The van der Waals surface area contributed by atoms with Crippen molar-refractivity contribution in [3.63, 3.8) is 0 Å². The predicted molar refractivity (Wildman–Crippen MR) is 82.3 cm³/mol. The second-order valence-electron chi connectivity index (χ2n) is 5.25. The van der Waals surface area contributed by atoms with Gasteiger partial charge in [0.05, 0.1) is 17.0 Å². The Labute approximate surface area is 143 Å². The van der Waals surface area contributed by atoms with Gasteiger partial charge in [-0.2, -0.15) is 13.2 Å². The zero-order valence-electron chi connectivity index (χ0n) is 12.9. The number of non-ortho nitro benzene ring substituents is 1. The van der Waals surface area contributed by atoms with Crippen molar-refractivity contribution < 1.29 is 22.9 Å². The Morgan fingerprint density at radius 2 is 2.00 bits per heavy atom. The summed E-state index contributed by atoms with van der Waals surface area (Å²) in [7, 11) is 0. The highest BCUT2D eigenvalue weighted by atomic mass is 19.4. The number of hydrogen-bond acceptors (Lipinski definition) is 5. The molecule has 0 aliphatic rings. The molecule has 0 saturated carbocycles. The lowest BCUT2D eigenvalue weighted by molar-refractivity contribution is -0.384. The van der Waals surface area contributed by atoms with Crippen molar-refractivity contribution in [2.24, 2.45) is 0 Å². The van der Waals surface area contributed by atoms with Crippen LogP contribution in [0.25, 0.3) is 5.65 Å². The molecule has 8 nitrogen and oxygen atoms in total. The number of pyridine rings is 1. The van der Waals surface area contributed by atoms with E-state index in [2.05, 4.69) is 15.5 Å². The largest absolute Gasteiger partial charge is 0.417 e. The van der Waals surface area contributed by atoms with Gasteiger partial charge in [-0.05, 0) is 18.2 Å². The maximum Gasteiger partial charge on any atom is 0.417 e. The number of amides is 1. The molecule has 0 unspecified atom stereocenters. The van der Waals surface area contributed by atoms with Crippen LogP contribution >= 0.6 is 0 Å². The van der Waals surface area contributed by atoms with E-state index in [1.165, 1.54) is 24.3 Å². The molecule has 0 bridgehead atoms. The number of hydrogen-bond donors (Lipinski definition) is 1. The summed E-state index contributed by atoms with van der Waals surface area (Å²) in [5.41, 5.74) is -0.891. The first-order valence-corrected chi connectivity index (χ1v) is 7.19. The molecule has 0 fully saturated rings. The van der Waals surface area contributed by atoms with E-state index in [0.29, 0.717) is 0 Å². The molecule has 1 N–H and O–H groups in total. The van der Waals surface area contributed by atoms with E-state index in [1.54, 1.807) is 0 Å². The Morgan fingerprint density at radius 3 is 2.69 bits per heavy atom. The van der Waals surface area contributed by atoms with Crippen molar-refractivity contribution in [2.75, 3.05) is 0 Å². The van der Waals surface area contributed by atoms with Crippen molar-refractivity contribution in [2.45, 2.75) is 12.7 Å². The lowest BCUT2D eigenvalue weighted by Crippen LogP contribution is -2.24. The van der Waals surface area contributed by atoms with Crippen LogP contribution in [0.4, 0.5) is 18.9 Å². The van der Waals surface area contributed by atoms with Crippen LogP contribution in [0.3, 0.4) is 0 Å². The van der Waals surface area contributed by atoms with Crippen molar-refractivity contribution in [1.29, 1.82) is 0 Å². The fraction of sp³-hybridized carbons (Fsp3) is 0.133. The Morgan fingerprint density at radius 1 is 1.23 bits per heavy atom. The second-order valence-corrected chi connectivity index (χ2v) is 5.25. The van der Waals surface area contributed by atoms with Gasteiger partial charge in [0.25, 0.3) is 11.6 Å². The van der Waals surface area contributed by atoms with Crippen LogP contribution < -0.4 is 5.32 Å². The summed E-state index contributed by atoms with van der Waals surface area (Å²) in [6, 6.07) is 7.12. The molecular formula is C15H10F3N5O3. The van der Waals surface area contributed by atoms with Crippen molar-refractivity contribution in [3.05, 3.63) is 69.7 Å². The lowest BCUT2D eigenvalue weighted by Gasteiger charge is -2.08. The van der Waals surface area contributed by atoms with Crippen LogP contribution in [-0.2, 0) is 12.7 Å². The summed E-state index contributed by atoms with van der Waals surface area (Å²) >= 11 is 0. The third-order valence-corrected chi connectivity index (χ3v) is 3.53. The zero-order valence-corrected chi connectivity index (χ0v) is 12.9. The minimum absolute atomic E-state index is 0.0454. The van der Waals surface area contributed by atoms with Gasteiger partial charge >= 0.3 is 6.18 Å². The van der Waals surface area contributed by atoms with Crippen LogP contribution in [0.5, 0.6) is 0 Å². The summed E-state index contributed by atoms with van der Waals surface area (Å²) in [5, 5.41) is 20.7. The molecule has 0 aliphatic carbocycles. The smallest absolute Gasteiger partial charge is 0.345 e. The number of nitrogens with zero attached hydrogens (tertiary/aromatic N) is 4. The van der Waals surface area contributed by atoms with Crippen LogP contribution in [0.15, 0.2) is 42.6 Å². The molecule has 0 spiro atoms. The van der Waals surface area contributed by atoms with Gasteiger partial charge in [-0.25, -0.2) is 0 Å². The first-order chi connectivity index (χ1) is 12.3. The highest BCUT2D eigenvalue weighted by Crippen LogP contribution is 2.29. The molecule has 0 saturated heterocycles. The molecule has 3 aromatic rings. The molecule has 1 aromatic carbocycles. The van der Waals surface area contributed by atoms with Gasteiger partial charge in [-0.15, -0.1) is 10.2 Å². The molecule has 2 heterocycles. The summed E-state index contributed by atoms with van der Waals surface area (Å²) in [5.74, 6) is -0.540. The van der Waals surface area contributed by atoms with Gasteiger partial charge in [0, 0.05) is 23.9 Å². The highest BCUT2D eigenvalue weighted by Gasteiger charge is 2.31. The number of nitro groups is 1. The van der Waals surface area contributed by atoms with E-state index in [1.807, 2.05) is 0 Å². The van der Waals surface area contributed by atoms with Crippen LogP contribution in [-0.4, -0.2) is 25.4 Å². The SMILES string of the molecule is O=C(NCc1nnc2ccc(C(F)(F)F)cn12)c1cccc([N+](=O)[O-])c1. The Kier molecular flexibility index (Phi) is 4.28. The minimum Gasteiger partial charge on any atom is -0.345 e. The summed E-state index contributed by atoms with van der Waals surface area (Å²) < 4.78 is 39.6. The topological polar surface area (TPSA) is 102 Å². The van der Waals surface area contributed by atoms with E-state index in [-0.39, 0.29) is 29.3 Å². The molecular weight excluding hydrogens is 355 g/mol. The normalized spacial score (nSPS) is 11.5. The highest BCUT2D eigenvalue weighted by molar-refractivity contribution is 5.94. The van der Waals surface area contributed by atoms with Crippen LogP contribution in [0.1, 0.15) is 21.7 Å².